The molecule has 1 aromatic heterocycles. The number of carboxylic acids is 1. The molecule has 0 saturated carbocycles. The van der Waals surface area contributed by atoms with Crippen LogP contribution in [0.25, 0.3) is 11.8 Å². The van der Waals surface area contributed by atoms with Crippen LogP contribution in [-0.2, 0) is 4.79 Å². The molecule has 0 fully saturated rings. The van der Waals surface area contributed by atoms with E-state index >= 15 is 0 Å². The van der Waals surface area contributed by atoms with Gasteiger partial charge in [-0.1, -0.05) is 0 Å². The number of aromatic nitrogens is 2. The molecule has 0 aliphatic heterocycles. The van der Waals surface area contributed by atoms with E-state index in [1.165, 1.54) is 29.0 Å². The molecule has 7 nitrogen and oxygen atoms in total. The van der Waals surface area contributed by atoms with E-state index in [1.807, 2.05) is 0 Å². The van der Waals surface area contributed by atoms with E-state index in [0.717, 1.165) is 10.5 Å². The van der Waals surface area contributed by atoms with Crippen LogP contribution in [0.15, 0.2) is 41.1 Å². The van der Waals surface area contributed by atoms with E-state index in [1.54, 1.807) is 12.4 Å². The molecule has 0 saturated heterocycles. The topological polar surface area (TPSA) is 98.3 Å². The number of carboxylic acid groups (broad SMARTS) is 1. The van der Waals surface area contributed by atoms with Crippen LogP contribution in [0.4, 0.5) is 5.69 Å². The van der Waals surface area contributed by atoms with E-state index in [4.69, 9.17) is 5.11 Å². The van der Waals surface area contributed by atoms with Crippen molar-refractivity contribution < 1.29 is 14.8 Å². The molecule has 0 aliphatic carbocycles. The lowest BCUT2D eigenvalue weighted by Crippen LogP contribution is -1.99. The van der Waals surface area contributed by atoms with Gasteiger partial charge in [0.05, 0.1) is 21.3 Å². The van der Waals surface area contributed by atoms with Gasteiger partial charge in [0.2, 0.25) is 0 Å². The van der Waals surface area contributed by atoms with Gasteiger partial charge in [-0.05, 0) is 28.1 Å². The zero-order valence-corrected chi connectivity index (χ0v) is 11.5. The Morgan fingerprint density at radius 3 is 2.80 bits per heavy atom. The third kappa shape index (κ3) is 3.09. The number of halogens is 1. The standard InChI is InChI=1S/C12H8BrN3O4/c13-9-6-14-15(7-9)11-3-2-10(16(19)20)5-8(11)1-4-12(17)18/h1-7H,(H,17,18)/b4-1+. The molecule has 20 heavy (non-hydrogen) atoms. The Morgan fingerprint density at radius 2 is 2.25 bits per heavy atom. The van der Waals surface area contributed by atoms with Gasteiger partial charge in [-0.25, -0.2) is 9.48 Å². The Morgan fingerprint density at radius 1 is 1.50 bits per heavy atom. The van der Waals surface area contributed by atoms with Crippen molar-refractivity contribution in [1.82, 2.24) is 9.78 Å². The largest absolute Gasteiger partial charge is 0.478 e. The van der Waals surface area contributed by atoms with Crippen LogP contribution < -0.4 is 0 Å². The molecule has 102 valence electrons. The quantitative estimate of drug-likeness (QED) is 0.525. The zero-order valence-electron chi connectivity index (χ0n) is 9.93. The first kappa shape index (κ1) is 13.9. The van der Waals surface area contributed by atoms with Gasteiger partial charge in [-0.15, -0.1) is 0 Å². The van der Waals surface area contributed by atoms with Crippen molar-refractivity contribution in [3.8, 4) is 5.69 Å². The number of aliphatic carboxylic acids is 1. The summed E-state index contributed by atoms with van der Waals surface area (Å²) in [7, 11) is 0. The second-order valence-electron chi connectivity index (χ2n) is 3.77. The summed E-state index contributed by atoms with van der Waals surface area (Å²) in [5.41, 5.74) is 0.806. The average molecular weight is 338 g/mol. The molecule has 0 aliphatic rings. The van der Waals surface area contributed by atoms with E-state index in [9.17, 15) is 14.9 Å². The minimum Gasteiger partial charge on any atom is -0.478 e. The Bertz CT molecular complexity index is 708. The summed E-state index contributed by atoms with van der Waals surface area (Å²) >= 11 is 3.25. The summed E-state index contributed by atoms with van der Waals surface area (Å²) < 4.78 is 2.24. The molecule has 8 heteroatoms. The zero-order chi connectivity index (χ0) is 14.7. The SMILES string of the molecule is O=C(O)/C=C/c1cc([N+](=O)[O-])ccc1-n1cc(Br)cn1. The van der Waals surface area contributed by atoms with Crippen LogP contribution in [-0.4, -0.2) is 25.8 Å². The molecule has 2 rings (SSSR count). The smallest absolute Gasteiger partial charge is 0.328 e. The van der Waals surface area contributed by atoms with Crippen LogP contribution in [0.3, 0.4) is 0 Å². The second kappa shape index (κ2) is 5.66. The summed E-state index contributed by atoms with van der Waals surface area (Å²) in [5, 5.41) is 23.5. The fraction of sp³-hybridized carbons (Fsp3) is 0. The first-order valence-corrected chi connectivity index (χ1v) is 6.16. The Hall–Kier alpha value is -2.48. The molecule has 2 aromatic rings. The fourth-order valence-corrected chi connectivity index (χ4v) is 1.88. The van der Waals surface area contributed by atoms with Crippen LogP contribution in [0.1, 0.15) is 5.56 Å². The predicted octanol–water partition coefficient (Wildman–Crippen LogP) is 2.64. The van der Waals surface area contributed by atoms with E-state index in [0.29, 0.717) is 11.3 Å². The minimum atomic E-state index is -1.14. The van der Waals surface area contributed by atoms with E-state index in [-0.39, 0.29) is 5.69 Å². The van der Waals surface area contributed by atoms with Crippen molar-refractivity contribution in [2.24, 2.45) is 0 Å². The third-order valence-electron chi connectivity index (χ3n) is 2.43. The lowest BCUT2D eigenvalue weighted by atomic mass is 10.1. The average Bonchev–Trinajstić information content (AvgIpc) is 2.82. The van der Waals surface area contributed by atoms with Gasteiger partial charge in [-0.3, -0.25) is 10.1 Å². The molecular weight excluding hydrogens is 330 g/mol. The highest BCUT2D eigenvalue weighted by molar-refractivity contribution is 9.10. The lowest BCUT2D eigenvalue weighted by molar-refractivity contribution is -0.384. The molecule has 1 aromatic carbocycles. The number of hydrogen-bond donors (Lipinski definition) is 1. The van der Waals surface area contributed by atoms with Crippen molar-refractivity contribution in [2.45, 2.75) is 0 Å². The first-order valence-electron chi connectivity index (χ1n) is 5.37. The maximum atomic E-state index is 10.8. The highest BCUT2D eigenvalue weighted by Gasteiger charge is 2.11. The van der Waals surface area contributed by atoms with Crippen molar-refractivity contribution in [1.29, 1.82) is 0 Å². The van der Waals surface area contributed by atoms with E-state index < -0.39 is 10.9 Å². The van der Waals surface area contributed by atoms with Gasteiger partial charge >= 0.3 is 5.97 Å². The maximum absolute atomic E-state index is 10.8. The van der Waals surface area contributed by atoms with Crippen LogP contribution in [0.5, 0.6) is 0 Å². The van der Waals surface area contributed by atoms with E-state index in [2.05, 4.69) is 21.0 Å². The number of non-ortho nitro benzene ring substituents is 1. The van der Waals surface area contributed by atoms with Gasteiger partial charge < -0.3 is 5.11 Å². The first-order chi connectivity index (χ1) is 9.47. The fourth-order valence-electron chi connectivity index (χ4n) is 1.59. The molecule has 0 amide bonds. The molecule has 0 unspecified atom stereocenters. The second-order valence-corrected chi connectivity index (χ2v) is 4.69. The van der Waals surface area contributed by atoms with Crippen molar-refractivity contribution in [2.75, 3.05) is 0 Å². The normalized spacial score (nSPS) is 10.8. The summed E-state index contributed by atoms with van der Waals surface area (Å²) in [4.78, 5) is 20.8. The van der Waals surface area contributed by atoms with Gasteiger partial charge in [0.1, 0.15) is 0 Å². The monoisotopic (exact) mass is 337 g/mol. The molecule has 1 N–H and O–H groups in total. The lowest BCUT2D eigenvalue weighted by Gasteiger charge is -2.05. The number of carbonyl (C=O) groups is 1. The number of nitro benzene ring substituents is 1. The molecule has 0 spiro atoms. The summed E-state index contributed by atoms with van der Waals surface area (Å²) in [5.74, 6) is -1.14. The number of nitro groups is 1. The number of benzene rings is 1. The molecule has 0 atom stereocenters. The third-order valence-corrected chi connectivity index (χ3v) is 2.83. The van der Waals surface area contributed by atoms with Gasteiger partial charge in [0.25, 0.3) is 5.69 Å². The van der Waals surface area contributed by atoms with Crippen molar-refractivity contribution in [3.05, 3.63) is 56.8 Å². The van der Waals surface area contributed by atoms with Crippen LogP contribution in [0, 0.1) is 10.1 Å². The Labute approximate surface area is 121 Å². The minimum absolute atomic E-state index is 0.120. The molecule has 0 bridgehead atoms. The van der Waals surface area contributed by atoms with Gasteiger partial charge in [0.15, 0.2) is 0 Å². The Kier molecular flexibility index (Phi) is 3.94. The van der Waals surface area contributed by atoms with Crippen LogP contribution in [0.2, 0.25) is 0 Å². The molecule has 1 heterocycles. The summed E-state index contributed by atoms with van der Waals surface area (Å²) in [6, 6.07) is 4.15. The predicted molar refractivity (Wildman–Crippen MR) is 74.6 cm³/mol. The Balaban J connectivity index is 2.55. The maximum Gasteiger partial charge on any atom is 0.328 e. The molecular formula is C12H8BrN3O4. The van der Waals surface area contributed by atoms with Crippen molar-refractivity contribution in [3.63, 3.8) is 0 Å². The van der Waals surface area contributed by atoms with Crippen LogP contribution >= 0.6 is 15.9 Å². The summed E-state index contributed by atoms with van der Waals surface area (Å²) in [6.07, 6.45) is 5.44. The summed E-state index contributed by atoms with van der Waals surface area (Å²) in [6.45, 7) is 0. The van der Waals surface area contributed by atoms with Gasteiger partial charge in [0, 0.05) is 30.0 Å². The number of rotatable bonds is 4. The van der Waals surface area contributed by atoms with Crippen molar-refractivity contribution >= 4 is 33.7 Å². The highest BCUT2D eigenvalue weighted by atomic mass is 79.9. The van der Waals surface area contributed by atoms with Gasteiger partial charge in [-0.2, -0.15) is 5.10 Å². The number of nitrogens with zero attached hydrogens (tertiary/aromatic N) is 3. The molecule has 0 radical (unpaired) electrons. The highest BCUT2D eigenvalue weighted by Crippen LogP contribution is 2.23. The number of hydrogen-bond acceptors (Lipinski definition) is 4.